The summed E-state index contributed by atoms with van der Waals surface area (Å²) >= 11 is 0. The average Bonchev–Trinajstić information content (AvgIpc) is 3.19. The molecule has 2 saturated heterocycles. The molecule has 5 atom stereocenters. The SMILES string of the molecule is CN1C2CC3CC2CC3C12C=Nc1c(ccc3ccncc13)O2. The lowest BCUT2D eigenvalue weighted by Gasteiger charge is -2.56. The summed E-state index contributed by atoms with van der Waals surface area (Å²) in [5.41, 5.74) is 0.604. The molecule has 2 aliphatic carbocycles. The number of benzene rings is 1. The lowest BCUT2D eigenvalue weighted by Crippen LogP contribution is -2.68. The molecule has 5 aliphatic rings. The van der Waals surface area contributed by atoms with Crippen LogP contribution in [-0.2, 0) is 0 Å². The van der Waals surface area contributed by atoms with Gasteiger partial charge in [-0.3, -0.25) is 14.9 Å². The summed E-state index contributed by atoms with van der Waals surface area (Å²) in [4.78, 5) is 11.6. The van der Waals surface area contributed by atoms with E-state index in [4.69, 9.17) is 9.73 Å². The molecule has 5 unspecified atom stereocenters. The standard InChI is InChI=1S/C19H19N3O/c1-22-16-8-12-6-13(16)7-15(12)19(22)10-21-18-14-9-20-5-4-11(14)2-3-17(18)23-19/h2-5,9-10,12-13,15-16H,6-8H2,1H3. The third kappa shape index (κ3) is 1.37. The van der Waals surface area contributed by atoms with E-state index in [0.29, 0.717) is 12.0 Å². The number of aromatic nitrogens is 1. The van der Waals surface area contributed by atoms with Gasteiger partial charge in [-0.1, -0.05) is 6.07 Å². The van der Waals surface area contributed by atoms with E-state index in [0.717, 1.165) is 34.0 Å². The van der Waals surface area contributed by atoms with Crippen molar-refractivity contribution in [1.82, 2.24) is 9.88 Å². The first-order chi connectivity index (χ1) is 11.3. The quantitative estimate of drug-likeness (QED) is 0.749. The van der Waals surface area contributed by atoms with Gasteiger partial charge in [0.15, 0.2) is 0 Å². The molecule has 3 aliphatic heterocycles. The summed E-state index contributed by atoms with van der Waals surface area (Å²) in [5, 5.41) is 2.24. The number of rotatable bonds is 0. The summed E-state index contributed by atoms with van der Waals surface area (Å²) in [6.45, 7) is 0. The molecule has 116 valence electrons. The van der Waals surface area contributed by atoms with Crippen molar-refractivity contribution in [1.29, 1.82) is 0 Å². The van der Waals surface area contributed by atoms with E-state index >= 15 is 0 Å². The summed E-state index contributed by atoms with van der Waals surface area (Å²) < 4.78 is 6.66. The number of fused-ring (bicyclic) bond motifs is 3. The second-order valence-corrected chi connectivity index (χ2v) is 7.63. The van der Waals surface area contributed by atoms with Crippen LogP contribution in [0.2, 0.25) is 0 Å². The molecule has 0 N–H and O–H groups in total. The van der Waals surface area contributed by atoms with E-state index in [1.807, 2.05) is 18.5 Å². The van der Waals surface area contributed by atoms with Gasteiger partial charge in [0.2, 0.25) is 5.72 Å². The molecule has 0 radical (unpaired) electrons. The van der Waals surface area contributed by atoms with E-state index in [1.54, 1.807) is 0 Å². The Bertz CT molecular complexity index is 863. The van der Waals surface area contributed by atoms with Gasteiger partial charge < -0.3 is 4.74 Å². The number of hydrogen-bond acceptors (Lipinski definition) is 4. The van der Waals surface area contributed by atoms with Crippen LogP contribution < -0.4 is 4.74 Å². The topological polar surface area (TPSA) is 37.7 Å². The number of piperidine rings is 2. The molecule has 4 heteroatoms. The second-order valence-electron chi connectivity index (χ2n) is 7.63. The zero-order chi connectivity index (χ0) is 15.2. The Kier molecular flexibility index (Phi) is 2.13. The van der Waals surface area contributed by atoms with Crippen LogP contribution in [-0.4, -0.2) is 34.9 Å². The highest BCUT2D eigenvalue weighted by Crippen LogP contribution is 2.61. The summed E-state index contributed by atoms with van der Waals surface area (Å²) in [5.74, 6) is 3.18. The summed E-state index contributed by atoms with van der Waals surface area (Å²) in [6, 6.07) is 6.89. The molecule has 1 spiro atoms. The Morgan fingerprint density at radius 1 is 1.17 bits per heavy atom. The monoisotopic (exact) mass is 305 g/mol. The van der Waals surface area contributed by atoms with Crippen LogP contribution in [0.15, 0.2) is 35.6 Å². The van der Waals surface area contributed by atoms with E-state index in [1.165, 1.54) is 19.3 Å². The Morgan fingerprint density at radius 3 is 3.00 bits per heavy atom. The largest absolute Gasteiger partial charge is 0.465 e. The van der Waals surface area contributed by atoms with Crippen LogP contribution in [0.25, 0.3) is 10.8 Å². The second kappa shape index (κ2) is 3.93. The minimum absolute atomic E-state index is 0.330. The Morgan fingerprint density at radius 2 is 2.13 bits per heavy atom. The molecular formula is C19H19N3O. The molecule has 4 heterocycles. The van der Waals surface area contributed by atoms with Crippen molar-refractivity contribution < 1.29 is 4.74 Å². The van der Waals surface area contributed by atoms with Crippen molar-refractivity contribution in [2.24, 2.45) is 22.7 Å². The van der Waals surface area contributed by atoms with Gasteiger partial charge in [0, 0.05) is 29.7 Å². The first-order valence-electron chi connectivity index (χ1n) is 8.60. The van der Waals surface area contributed by atoms with Crippen LogP contribution >= 0.6 is 0 Å². The summed E-state index contributed by atoms with van der Waals surface area (Å²) in [6.07, 6.45) is 9.83. The Balaban J connectivity index is 1.52. The number of ether oxygens (including phenoxy) is 1. The Labute approximate surface area is 135 Å². The molecular weight excluding hydrogens is 286 g/mol. The first kappa shape index (κ1) is 12.5. The average molecular weight is 305 g/mol. The summed E-state index contributed by atoms with van der Waals surface area (Å²) in [7, 11) is 2.23. The third-order valence-electron chi connectivity index (χ3n) is 6.81. The molecule has 0 amide bonds. The zero-order valence-corrected chi connectivity index (χ0v) is 13.1. The van der Waals surface area contributed by atoms with E-state index in [-0.39, 0.29) is 5.72 Å². The predicted molar refractivity (Wildman–Crippen MR) is 89.1 cm³/mol. The highest BCUT2D eigenvalue weighted by molar-refractivity contribution is 5.97. The molecule has 4 bridgehead atoms. The predicted octanol–water partition coefficient (Wildman–Crippen LogP) is 3.39. The van der Waals surface area contributed by atoms with Crippen LogP contribution in [0.3, 0.4) is 0 Å². The fourth-order valence-electron chi connectivity index (χ4n) is 5.78. The molecule has 2 aromatic rings. The number of pyridine rings is 1. The highest BCUT2D eigenvalue weighted by Gasteiger charge is 2.65. The van der Waals surface area contributed by atoms with Crippen LogP contribution in [0, 0.1) is 17.8 Å². The molecule has 4 fully saturated rings. The number of nitrogens with zero attached hydrogens (tertiary/aromatic N) is 3. The molecule has 23 heavy (non-hydrogen) atoms. The molecule has 1 aromatic carbocycles. The van der Waals surface area contributed by atoms with Crippen molar-refractivity contribution in [3.8, 4) is 5.75 Å². The maximum Gasteiger partial charge on any atom is 0.202 e. The third-order valence-corrected chi connectivity index (χ3v) is 6.81. The minimum Gasteiger partial charge on any atom is -0.465 e. The van der Waals surface area contributed by atoms with Crippen LogP contribution in [0.4, 0.5) is 5.69 Å². The van der Waals surface area contributed by atoms with Gasteiger partial charge in [-0.05, 0) is 55.7 Å². The van der Waals surface area contributed by atoms with Crippen molar-refractivity contribution in [3.05, 3.63) is 30.6 Å². The number of hydrogen-bond donors (Lipinski definition) is 0. The van der Waals surface area contributed by atoms with E-state index < -0.39 is 0 Å². The van der Waals surface area contributed by atoms with E-state index in [2.05, 4.69) is 35.3 Å². The maximum atomic E-state index is 6.66. The smallest absolute Gasteiger partial charge is 0.202 e. The van der Waals surface area contributed by atoms with Crippen LogP contribution in [0.1, 0.15) is 19.3 Å². The van der Waals surface area contributed by atoms with Gasteiger partial charge in [-0.25, -0.2) is 0 Å². The molecule has 4 nitrogen and oxygen atoms in total. The minimum atomic E-state index is -0.330. The maximum absolute atomic E-state index is 6.66. The first-order valence-corrected chi connectivity index (χ1v) is 8.60. The van der Waals surface area contributed by atoms with Crippen molar-refractivity contribution >= 4 is 22.7 Å². The van der Waals surface area contributed by atoms with Crippen LogP contribution in [0.5, 0.6) is 5.75 Å². The van der Waals surface area contributed by atoms with Crippen molar-refractivity contribution in [2.75, 3.05) is 7.05 Å². The molecule has 7 rings (SSSR count). The van der Waals surface area contributed by atoms with Gasteiger partial charge in [-0.15, -0.1) is 0 Å². The van der Waals surface area contributed by atoms with Gasteiger partial charge in [0.05, 0.1) is 6.21 Å². The lowest BCUT2D eigenvalue weighted by atomic mass is 9.72. The Hall–Kier alpha value is -1.94. The molecule has 2 saturated carbocycles. The van der Waals surface area contributed by atoms with Gasteiger partial charge in [-0.2, -0.15) is 0 Å². The normalized spacial score (nSPS) is 40.0. The fraction of sp³-hybridized carbons (Fsp3) is 0.474. The number of aliphatic imine (C=N–C) groups is 1. The van der Waals surface area contributed by atoms with Gasteiger partial charge in [0.1, 0.15) is 11.4 Å². The van der Waals surface area contributed by atoms with E-state index in [9.17, 15) is 0 Å². The van der Waals surface area contributed by atoms with Crippen molar-refractivity contribution in [3.63, 3.8) is 0 Å². The van der Waals surface area contributed by atoms with Gasteiger partial charge in [0.25, 0.3) is 0 Å². The zero-order valence-electron chi connectivity index (χ0n) is 13.1. The molecule has 1 aromatic heterocycles. The fourth-order valence-corrected chi connectivity index (χ4v) is 5.78. The lowest BCUT2D eigenvalue weighted by molar-refractivity contribution is -0.144. The van der Waals surface area contributed by atoms with Gasteiger partial charge >= 0.3 is 0 Å². The van der Waals surface area contributed by atoms with Crippen molar-refractivity contribution in [2.45, 2.75) is 31.0 Å². The highest BCUT2D eigenvalue weighted by atomic mass is 16.5.